The molecule has 2 atom stereocenters. The Labute approximate surface area is 159 Å². The average Bonchev–Trinajstić information content (AvgIpc) is 3.24. The standard InChI is InChI=1S/C20H24N2O4S/c1-19(2)15-8-9-20(19,18(23)10-15)13-27(24,25)21-12-16-11-17(22-26-16)14-6-4-3-5-7-14/h3-7,11,15,21H,8-10,12-13H2,1-2H3/t15-,20+/m0/s1. The zero-order chi connectivity index (χ0) is 19.3. The lowest BCUT2D eigenvalue weighted by Gasteiger charge is -2.36. The molecule has 1 aromatic heterocycles. The second kappa shape index (κ2) is 6.27. The highest BCUT2D eigenvalue weighted by Gasteiger charge is 2.65. The number of aromatic nitrogens is 1. The molecule has 7 heteroatoms. The van der Waals surface area contributed by atoms with Crippen LogP contribution in [-0.2, 0) is 21.4 Å². The zero-order valence-corrected chi connectivity index (χ0v) is 16.4. The Kier molecular flexibility index (Phi) is 4.27. The fourth-order valence-corrected chi connectivity index (χ4v) is 6.60. The maximum Gasteiger partial charge on any atom is 0.213 e. The molecule has 2 aromatic rings. The minimum Gasteiger partial charge on any atom is -0.359 e. The summed E-state index contributed by atoms with van der Waals surface area (Å²) in [6.07, 6.45) is 2.09. The summed E-state index contributed by atoms with van der Waals surface area (Å²) in [5.74, 6) is 0.682. The average molecular weight is 388 g/mol. The fraction of sp³-hybridized carbons (Fsp3) is 0.500. The van der Waals surface area contributed by atoms with Gasteiger partial charge < -0.3 is 4.52 Å². The highest BCUT2D eigenvalue weighted by Crippen LogP contribution is 2.64. The first-order chi connectivity index (χ1) is 12.7. The Hall–Kier alpha value is -1.99. The molecule has 0 saturated heterocycles. The number of sulfonamides is 1. The molecule has 0 aliphatic heterocycles. The molecule has 2 aliphatic rings. The van der Waals surface area contributed by atoms with Gasteiger partial charge in [0.05, 0.1) is 12.3 Å². The smallest absolute Gasteiger partial charge is 0.213 e. The molecular weight excluding hydrogens is 364 g/mol. The van der Waals surface area contributed by atoms with Crippen LogP contribution in [0.25, 0.3) is 11.3 Å². The van der Waals surface area contributed by atoms with Gasteiger partial charge in [0.2, 0.25) is 10.0 Å². The van der Waals surface area contributed by atoms with E-state index in [9.17, 15) is 13.2 Å². The SMILES string of the molecule is CC1(C)[C@H]2CC[C@@]1(CS(=O)(=O)NCc1cc(-c3ccccc3)no1)C(=O)C2. The van der Waals surface area contributed by atoms with Crippen LogP contribution in [0.2, 0.25) is 0 Å². The van der Waals surface area contributed by atoms with Crippen LogP contribution in [0.5, 0.6) is 0 Å². The van der Waals surface area contributed by atoms with Gasteiger partial charge in [0.25, 0.3) is 0 Å². The molecule has 0 unspecified atom stereocenters. The van der Waals surface area contributed by atoms with E-state index in [0.717, 1.165) is 12.0 Å². The second-order valence-corrected chi connectivity index (χ2v) is 10.1. The largest absolute Gasteiger partial charge is 0.359 e. The van der Waals surface area contributed by atoms with E-state index in [1.165, 1.54) is 0 Å². The molecule has 0 spiro atoms. The van der Waals surface area contributed by atoms with E-state index in [2.05, 4.69) is 9.88 Å². The van der Waals surface area contributed by atoms with Crippen molar-refractivity contribution in [1.29, 1.82) is 0 Å². The fourth-order valence-electron chi connectivity index (χ4n) is 4.81. The van der Waals surface area contributed by atoms with Crippen molar-refractivity contribution in [2.24, 2.45) is 16.7 Å². The van der Waals surface area contributed by atoms with Crippen LogP contribution in [-0.4, -0.2) is 25.1 Å². The summed E-state index contributed by atoms with van der Waals surface area (Å²) in [5, 5.41) is 4.00. The third-order valence-corrected chi connectivity index (χ3v) is 8.13. The molecule has 0 radical (unpaired) electrons. The first-order valence-corrected chi connectivity index (χ1v) is 10.9. The molecule has 2 aliphatic carbocycles. The van der Waals surface area contributed by atoms with Gasteiger partial charge in [-0.3, -0.25) is 4.79 Å². The van der Waals surface area contributed by atoms with Crippen LogP contribution in [0.1, 0.15) is 38.9 Å². The lowest BCUT2D eigenvalue weighted by Crippen LogP contribution is -2.45. The zero-order valence-electron chi connectivity index (χ0n) is 15.6. The molecule has 4 rings (SSSR count). The van der Waals surface area contributed by atoms with Crippen molar-refractivity contribution >= 4 is 15.8 Å². The van der Waals surface area contributed by atoms with E-state index in [1.54, 1.807) is 6.07 Å². The Morgan fingerprint density at radius 2 is 2.00 bits per heavy atom. The third kappa shape index (κ3) is 3.02. The molecule has 6 nitrogen and oxygen atoms in total. The topological polar surface area (TPSA) is 89.3 Å². The van der Waals surface area contributed by atoms with Gasteiger partial charge in [-0.15, -0.1) is 0 Å². The summed E-state index contributed by atoms with van der Waals surface area (Å²) in [4.78, 5) is 12.6. The van der Waals surface area contributed by atoms with Gasteiger partial charge in [-0.2, -0.15) is 0 Å². The van der Waals surface area contributed by atoms with E-state index in [4.69, 9.17) is 4.52 Å². The van der Waals surface area contributed by atoms with Crippen molar-refractivity contribution in [3.63, 3.8) is 0 Å². The molecular formula is C20H24N2O4S. The number of nitrogens with zero attached hydrogens (tertiary/aromatic N) is 1. The maximum absolute atomic E-state index is 12.7. The van der Waals surface area contributed by atoms with Gasteiger partial charge >= 0.3 is 0 Å². The Morgan fingerprint density at radius 3 is 2.63 bits per heavy atom. The van der Waals surface area contributed by atoms with E-state index in [1.807, 2.05) is 44.2 Å². The van der Waals surface area contributed by atoms with Gasteiger partial charge in [0.15, 0.2) is 5.76 Å². The van der Waals surface area contributed by atoms with Crippen LogP contribution in [0, 0.1) is 16.7 Å². The first kappa shape index (κ1) is 18.4. The number of carbonyl (C=O) groups is 1. The Morgan fingerprint density at radius 1 is 1.26 bits per heavy atom. The van der Waals surface area contributed by atoms with E-state index in [-0.39, 0.29) is 23.5 Å². The minimum atomic E-state index is -3.63. The summed E-state index contributed by atoms with van der Waals surface area (Å²) >= 11 is 0. The van der Waals surface area contributed by atoms with Gasteiger partial charge in [-0.1, -0.05) is 49.3 Å². The van der Waals surface area contributed by atoms with Gasteiger partial charge in [-0.25, -0.2) is 13.1 Å². The van der Waals surface area contributed by atoms with Crippen molar-refractivity contribution in [2.75, 3.05) is 5.75 Å². The summed E-state index contributed by atoms with van der Waals surface area (Å²) in [6, 6.07) is 11.3. The monoisotopic (exact) mass is 388 g/mol. The number of ketones is 1. The van der Waals surface area contributed by atoms with Gasteiger partial charge in [-0.05, 0) is 24.2 Å². The number of Topliss-reactive ketones (excluding diaryl/α,β-unsaturated/α-hetero) is 1. The Bertz CT molecular complexity index is 965. The predicted octanol–water partition coefficient (Wildman–Crippen LogP) is 3.16. The van der Waals surface area contributed by atoms with Gasteiger partial charge in [0.1, 0.15) is 11.5 Å². The van der Waals surface area contributed by atoms with Crippen LogP contribution < -0.4 is 4.72 Å². The molecule has 2 bridgehead atoms. The second-order valence-electron chi connectivity index (χ2n) is 8.29. The molecule has 144 valence electrons. The first-order valence-electron chi connectivity index (χ1n) is 9.25. The number of nitrogens with one attached hydrogen (secondary N) is 1. The van der Waals surface area contributed by atoms with Gasteiger partial charge in [0, 0.05) is 23.5 Å². The van der Waals surface area contributed by atoms with Crippen molar-refractivity contribution in [1.82, 2.24) is 9.88 Å². The predicted molar refractivity (Wildman–Crippen MR) is 101 cm³/mol. The van der Waals surface area contributed by atoms with Crippen LogP contribution in [0.3, 0.4) is 0 Å². The highest BCUT2D eigenvalue weighted by molar-refractivity contribution is 7.89. The molecule has 1 aromatic carbocycles. The van der Waals surface area contributed by atoms with Crippen molar-refractivity contribution in [2.45, 2.75) is 39.7 Å². The lowest BCUT2D eigenvalue weighted by molar-refractivity contribution is -0.128. The normalized spacial score (nSPS) is 26.6. The number of carbonyl (C=O) groups excluding carboxylic acids is 1. The Balaban J connectivity index is 1.46. The number of hydrogen-bond acceptors (Lipinski definition) is 5. The summed E-state index contributed by atoms with van der Waals surface area (Å²) in [5.41, 5.74) is 0.532. The molecule has 27 heavy (non-hydrogen) atoms. The third-order valence-electron chi connectivity index (χ3n) is 6.67. The quantitative estimate of drug-likeness (QED) is 0.821. The minimum absolute atomic E-state index is 0.0241. The van der Waals surface area contributed by atoms with Crippen molar-refractivity contribution < 1.29 is 17.7 Å². The van der Waals surface area contributed by atoms with E-state index in [0.29, 0.717) is 30.2 Å². The number of hydrogen-bond donors (Lipinski definition) is 1. The maximum atomic E-state index is 12.7. The number of benzene rings is 1. The highest BCUT2D eigenvalue weighted by atomic mass is 32.2. The lowest BCUT2D eigenvalue weighted by atomic mass is 9.70. The van der Waals surface area contributed by atoms with Crippen molar-refractivity contribution in [3.05, 3.63) is 42.2 Å². The molecule has 2 saturated carbocycles. The molecule has 0 amide bonds. The van der Waals surface area contributed by atoms with E-state index >= 15 is 0 Å². The summed E-state index contributed by atoms with van der Waals surface area (Å²) in [6.45, 7) is 4.09. The van der Waals surface area contributed by atoms with Crippen molar-refractivity contribution in [3.8, 4) is 11.3 Å². The molecule has 2 fully saturated rings. The van der Waals surface area contributed by atoms with E-state index < -0.39 is 15.4 Å². The molecule has 1 N–H and O–H groups in total. The van der Waals surface area contributed by atoms with Crippen LogP contribution in [0.15, 0.2) is 40.9 Å². The number of fused-ring (bicyclic) bond motifs is 2. The summed E-state index contributed by atoms with van der Waals surface area (Å²) in [7, 11) is -3.63. The molecule has 1 heterocycles. The summed E-state index contributed by atoms with van der Waals surface area (Å²) < 4.78 is 33.3. The van der Waals surface area contributed by atoms with Crippen LogP contribution >= 0.6 is 0 Å². The number of rotatable bonds is 6. The van der Waals surface area contributed by atoms with Crippen LogP contribution in [0.4, 0.5) is 0 Å².